The molecule has 5 heteroatoms. The van der Waals surface area contributed by atoms with E-state index in [0.717, 1.165) is 0 Å². The maximum absolute atomic E-state index is 9.87. The molecule has 0 rings (SSSR count). The van der Waals surface area contributed by atoms with E-state index in [0.29, 0.717) is 6.42 Å². The Balaban J connectivity index is 3.26. The molecule has 0 atom stereocenters. The fourth-order valence-corrected chi connectivity index (χ4v) is 1.48. The van der Waals surface area contributed by atoms with Crippen LogP contribution >= 0.6 is 0 Å². The van der Waals surface area contributed by atoms with Gasteiger partial charge in [0.1, 0.15) is 0 Å². The van der Waals surface area contributed by atoms with Gasteiger partial charge in [0, 0.05) is 0 Å². The van der Waals surface area contributed by atoms with Crippen LogP contribution in [0.4, 0.5) is 0 Å². The van der Waals surface area contributed by atoms with Crippen molar-refractivity contribution in [1.82, 2.24) is 0 Å². The SMILES string of the molecule is NCCC[As](=O)([O-])[O-]. The van der Waals surface area contributed by atoms with Crippen molar-refractivity contribution in [2.75, 3.05) is 6.54 Å². The zero-order valence-corrected chi connectivity index (χ0v) is 6.25. The molecule has 0 aromatic heterocycles. The van der Waals surface area contributed by atoms with Crippen LogP contribution in [0.25, 0.3) is 0 Å². The predicted molar refractivity (Wildman–Crippen MR) is 24.9 cm³/mol. The van der Waals surface area contributed by atoms with Crippen molar-refractivity contribution in [3.05, 3.63) is 0 Å². The van der Waals surface area contributed by atoms with Gasteiger partial charge in [0.2, 0.25) is 0 Å². The van der Waals surface area contributed by atoms with Crippen LogP contribution in [0.3, 0.4) is 0 Å². The zero-order valence-electron chi connectivity index (χ0n) is 4.37. The van der Waals surface area contributed by atoms with E-state index in [1.165, 1.54) is 0 Å². The Bertz CT molecular complexity index is 98.7. The van der Waals surface area contributed by atoms with Crippen molar-refractivity contribution in [3.63, 3.8) is 0 Å². The fraction of sp³-hybridized carbons (Fsp3) is 1.00. The van der Waals surface area contributed by atoms with Crippen LogP contribution < -0.4 is 13.9 Å². The number of hydrogen-bond acceptors (Lipinski definition) is 4. The van der Waals surface area contributed by atoms with Crippen molar-refractivity contribution >= 4 is 14.2 Å². The first-order chi connectivity index (χ1) is 3.56. The van der Waals surface area contributed by atoms with Crippen LogP contribution in [-0.4, -0.2) is 20.7 Å². The summed E-state index contributed by atoms with van der Waals surface area (Å²) < 4.78 is 29.6. The number of hydrogen-bond donors (Lipinski definition) is 1. The number of rotatable bonds is 3. The minimum absolute atomic E-state index is 0.255. The topological polar surface area (TPSA) is 89.2 Å². The zero-order chi connectivity index (χ0) is 6.62. The van der Waals surface area contributed by atoms with Gasteiger partial charge in [-0.2, -0.15) is 0 Å². The molecule has 0 radical (unpaired) electrons. The second kappa shape index (κ2) is 3.30. The van der Waals surface area contributed by atoms with Crippen molar-refractivity contribution in [2.24, 2.45) is 5.73 Å². The van der Waals surface area contributed by atoms with Crippen molar-refractivity contribution in [1.29, 1.82) is 0 Å². The molecule has 0 aromatic carbocycles. The molecule has 0 unspecified atom stereocenters. The predicted octanol–water partition coefficient (Wildman–Crippen LogP) is -2.57. The van der Waals surface area contributed by atoms with Crippen LogP contribution in [0.1, 0.15) is 6.42 Å². The monoisotopic (exact) mass is 181 g/mol. The summed E-state index contributed by atoms with van der Waals surface area (Å²) in [4.78, 5) is 0. The van der Waals surface area contributed by atoms with E-state index in [9.17, 15) is 11.9 Å². The van der Waals surface area contributed by atoms with Crippen LogP contribution in [0.2, 0.25) is 5.21 Å². The average Bonchev–Trinajstić information content (AvgIpc) is 1.59. The van der Waals surface area contributed by atoms with Crippen LogP contribution in [0.15, 0.2) is 0 Å². The standard InChI is InChI=1S/C3H10AsNO3/c5-3-1-2-4(6,7)8/h1-3,5H2,(H2,6,7,8)/p-2. The number of nitrogens with two attached hydrogens (primary N) is 1. The van der Waals surface area contributed by atoms with Gasteiger partial charge in [0.15, 0.2) is 0 Å². The summed E-state index contributed by atoms with van der Waals surface area (Å²) in [6, 6.07) is 0. The molecular formula is C3H8AsNO3-2. The first-order valence-corrected chi connectivity index (χ1v) is 5.90. The second-order valence-electron chi connectivity index (χ2n) is 1.48. The van der Waals surface area contributed by atoms with Crippen molar-refractivity contribution < 1.29 is 11.9 Å². The van der Waals surface area contributed by atoms with E-state index < -0.39 is 14.2 Å². The normalized spacial score (nSPS) is 11.9. The van der Waals surface area contributed by atoms with Gasteiger partial charge in [-0.15, -0.1) is 0 Å². The minimum atomic E-state index is -4.80. The summed E-state index contributed by atoms with van der Waals surface area (Å²) in [7, 11) is 0. The van der Waals surface area contributed by atoms with Crippen molar-refractivity contribution in [2.45, 2.75) is 11.6 Å². The van der Waals surface area contributed by atoms with Gasteiger partial charge in [-0.1, -0.05) is 0 Å². The molecule has 4 nitrogen and oxygen atoms in total. The third kappa shape index (κ3) is 6.24. The summed E-state index contributed by atoms with van der Waals surface area (Å²) in [6.45, 7) is 0.274. The van der Waals surface area contributed by atoms with Gasteiger partial charge in [-0.3, -0.25) is 0 Å². The molecule has 8 heavy (non-hydrogen) atoms. The Labute approximate surface area is 50.7 Å². The van der Waals surface area contributed by atoms with Crippen LogP contribution in [0.5, 0.6) is 0 Å². The molecule has 0 aromatic rings. The van der Waals surface area contributed by atoms with E-state index >= 15 is 0 Å². The molecular weight excluding hydrogens is 173 g/mol. The van der Waals surface area contributed by atoms with Gasteiger partial charge >= 0.3 is 50.0 Å². The third-order valence-electron chi connectivity index (χ3n) is 0.636. The Hall–Kier alpha value is 0.238. The quantitative estimate of drug-likeness (QED) is 0.484. The fourth-order valence-electron chi connectivity index (χ4n) is 0.285. The summed E-state index contributed by atoms with van der Waals surface area (Å²) in [5.74, 6) is 0. The van der Waals surface area contributed by atoms with E-state index in [4.69, 9.17) is 5.73 Å². The van der Waals surface area contributed by atoms with E-state index in [-0.39, 0.29) is 11.8 Å². The van der Waals surface area contributed by atoms with Crippen LogP contribution in [-0.2, 0) is 3.74 Å². The summed E-state index contributed by atoms with van der Waals surface area (Å²) in [5.41, 5.74) is 4.95. The van der Waals surface area contributed by atoms with E-state index in [1.807, 2.05) is 0 Å². The molecule has 0 aliphatic rings. The second-order valence-corrected chi connectivity index (χ2v) is 4.98. The van der Waals surface area contributed by atoms with Gasteiger partial charge in [0.25, 0.3) is 0 Å². The molecule has 0 fully saturated rings. The Kier molecular flexibility index (Phi) is 3.40. The first-order valence-electron chi connectivity index (χ1n) is 2.27. The summed E-state index contributed by atoms with van der Waals surface area (Å²) >= 11 is -4.80. The molecule has 0 saturated carbocycles. The summed E-state index contributed by atoms with van der Waals surface area (Å²) in [6.07, 6.45) is 0.295. The molecule has 0 bridgehead atoms. The van der Waals surface area contributed by atoms with Gasteiger partial charge in [-0.05, 0) is 0 Å². The van der Waals surface area contributed by atoms with E-state index in [2.05, 4.69) is 0 Å². The first kappa shape index (κ1) is 8.24. The maximum atomic E-state index is 9.87. The van der Waals surface area contributed by atoms with E-state index in [1.54, 1.807) is 0 Å². The summed E-state index contributed by atoms with van der Waals surface area (Å²) in [5, 5.41) is -0.255. The average molecular weight is 181 g/mol. The Morgan fingerprint density at radius 2 is 2.00 bits per heavy atom. The molecule has 0 aliphatic heterocycles. The third-order valence-corrected chi connectivity index (χ3v) is 2.45. The van der Waals surface area contributed by atoms with Gasteiger partial charge < -0.3 is 0 Å². The molecule has 50 valence electrons. The Morgan fingerprint density at radius 1 is 1.50 bits per heavy atom. The van der Waals surface area contributed by atoms with Crippen LogP contribution in [0, 0.1) is 0 Å². The molecule has 2 N–H and O–H groups in total. The van der Waals surface area contributed by atoms with Gasteiger partial charge in [-0.25, -0.2) is 0 Å². The molecule has 0 aliphatic carbocycles. The Morgan fingerprint density at radius 3 is 2.12 bits per heavy atom. The molecule has 0 amide bonds. The molecule has 0 saturated heterocycles. The van der Waals surface area contributed by atoms with Gasteiger partial charge in [0.05, 0.1) is 0 Å². The molecule has 0 heterocycles. The van der Waals surface area contributed by atoms with Crippen molar-refractivity contribution in [3.8, 4) is 0 Å². The molecule has 0 spiro atoms.